The van der Waals surface area contributed by atoms with Crippen LogP contribution < -0.4 is 5.32 Å². The Morgan fingerprint density at radius 3 is 2.63 bits per heavy atom. The van der Waals surface area contributed by atoms with E-state index >= 15 is 0 Å². The molecule has 3 rings (SSSR count). The van der Waals surface area contributed by atoms with Crippen LogP contribution in [0.25, 0.3) is 5.69 Å². The van der Waals surface area contributed by atoms with Gasteiger partial charge in [0.05, 0.1) is 17.1 Å². The third-order valence-corrected chi connectivity index (χ3v) is 3.85. The number of esters is 1. The zero-order chi connectivity index (χ0) is 19.6. The molecule has 1 amide bonds. The standard InChI is InChI=1S/C17H14ClFN4O4/c1-9-7-14(27-22-9)20-13(24)8-26-17(25)15-10(2)21-23(16(15)18)12-5-3-11(19)4-6-12/h3-7H,8H2,1-2H3,(H,20,24). The Labute approximate surface area is 157 Å². The van der Waals surface area contributed by atoms with Gasteiger partial charge in [-0.05, 0) is 38.1 Å². The first-order valence-electron chi connectivity index (χ1n) is 7.76. The largest absolute Gasteiger partial charge is 0.452 e. The van der Waals surface area contributed by atoms with E-state index in [9.17, 15) is 14.0 Å². The lowest BCUT2D eigenvalue weighted by Gasteiger charge is -2.05. The minimum atomic E-state index is -0.810. The normalized spacial score (nSPS) is 10.7. The highest BCUT2D eigenvalue weighted by Crippen LogP contribution is 2.24. The van der Waals surface area contributed by atoms with Crippen LogP contribution in [0.4, 0.5) is 10.3 Å². The number of carbonyl (C=O) groups excluding carboxylic acids is 2. The zero-order valence-corrected chi connectivity index (χ0v) is 15.1. The van der Waals surface area contributed by atoms with Gasteiger partial charge in [-0.1, -0.05) is 16.8 Å². The van der Waals surface area contributed by atoms with Crippen LogP contribution in [0.2, 0.25) is 5.15 Å². The van der Waals surface area contributed by atoms with Crippen LogP contribution in [0.5, 0.6) is 0 Å². The maximum atomic E-state index is 13.1. The molecule has 0 aliphatic carbocycles. The molecule has 0 saturated heterocycles. The van der Waals surface area contributed by atoms with Crippen LogP contribution in [-0.4, -0.2) is 33.4 Å². The first-order chi connectivity index (χ1) is 12.8. The van der Waals surface area contributed by atoms with Crippen molar-refractivity contribution in [3.8, 4) is 5.69 Å². The van der Waals surface area contributed by atoms with Crippen LogP contribution >= 0.6 is 11.6 Å². The molecular weight excluding hydrogens is 379 g/mol. The number of rotatable bonds is 5. The first-order valence-corrected chi connectivity index (χ1v) is 8.14. The van der Waals surface area contributed by atoms with E-state index in [1.165, 1.54) is 35.0 Å². The van der Waals surface area contributed by atoms with E-state index in [0.29, 0.717) is 17.1 Å². The van der Waals surface area contributed by atoms with Gasteiger partial charge in [-0.3, -0.25) is 10.1 Å². The fourth-order valence-electron chi connectivity index (χ4n) is 2.28. The molecule has 0 fully saturated rings. The summed E-state index contributed by atoms with van der Waals surface area (Å²) in [5.74, 6) is -1.67. The molecule has 0 unspecified atom stereocenters. The summed E-state index contributed by atoms with van der Waals surface area (Å²) in [7, 11) is 0. The van der Waals surface area contributed by atoms with Gasteiger partial charge in [-0.25, -0.2) is 13.9 Å². The van der Waals surface area contributed by atoms with Gasteiger partial charge >= 0.3 is 5.97 Å². The van der Waals surface area contributed by atoms with Crippen molar-refractivity contribution in [2.45, 2.75) is 13.8 Å². The molecule has 0 aliphatic heterocycles. The Balaban J connectivity index is 1.69. The molecule has 1 N–H and O–H groups in total. The van der Waals surface area contributed by atoms with E-state index in [4.69, 9.17) is 20.9 Å². The number of hydrogen-bond acceptors (Lipinski definition) is 6. The van der Waals surface area contributed by atoms with Gasteiger partial charge in [-0.2, -0.15) is 5.10 Å². The number of ether oxygens (including phenoxy) is 1. The van der Waals surface area contributed by atoms with Gasteiger partial charge in [0.25, 0.3) is 5.91 Å². The van der Waals surface area contributed by atoms with E-state index in [-0.39, 0.29) is 16.6 Å². The Morgan fingerprint density at radius 2 is 2.00 bits per heavy atom. The minimum Gasteiger partial charge on any atom is -0.452 e. The Kier molecular flexibility index (Phi) is 5.22. The molecule has 0 atom stereocenters. The minimum absolute atomic E-state index is 0.00428. The van der Waals surface area contributed by atoms with Crippen molar-refractivity contribution in [1.29, 1.82) is 0 Å². The number of carbonyl (C=O) groups is 2. The Hall–Kier alpha value is -3.20. The lowest BCUT2D eigenvalue weighted by molar-refractivity contribution is -0.119. The third-order valence-electron chi connectivity index (χ3n) is 3.50. The van der Waals surface area contributed by atoms with Crippen molar-refractivity contribution in [2.75, 3.05) is 11.9 Å². The predicted octanol–water partition coefficient (Wildman–Crippen LogP) is 3.07. The van der Waals surface area contributed by atoms with E-state index in [1.54, 1.807) is 13.8 Å². The average Bonchev–Trinajstić information content (AvgIpc) is 3.16. The number of nitrogens with one attached hydrogen (secondary N) is 1. The van der Waals surface area contributed by atoms with Gasteiger partial charge in [0.1, 0.15) is 16.5 Å². The van der Waals surface area contributed by atoms with Crippen molar-refractivity contribution in [3.63, 3.8) is 0 Å². The summed E-state index contributed by atoms with van der Waals surface area (Å²) in [6.45, 7) is 2.72. The number of aromatic nitrogens is 3. The van der Waals surface area contributed by atoms with Gasteiger partial charge in [0.2, 0.25) is 5.88 Å². The molecule has 1 aromatic carbocycles. The summed E-state index contributed by atoms with van der Waals surface area (Å²) in [4.78, 5) is 24.1. The number of benzene rings is 1. The molecule has 8 nitrogen and oxygen atoms in total. The molecule has 3 aromatic rings. The third kappa shape index (κ3) is 4.14. The molecule has 0 saturated carbocycles. The van der Waals surface area contributed by atoms with Crippen LogP contribution in [0.15, 0.2) is 34.9 Å². The van der Waals surface area contributed by atoms with E-state index < -0.39 is 24.3 Å². The molecule has 140 valence electrons. The van der Waals surface area contributed by atoms with Gasteiger partial charge in [0, 0.05) is 6.07 Å². The van der Waals surface area contributed by atoms with Crippen molar-refractivity contribution >= 4 is 29.4 Å². The molecule has 27 heavy (non-hydrogen) atoms. The number of aryl methyl sites for hydroxylation is 2. The van der Waals surface area contributed by atoms with Crippen LogP contribution in [0.1, 0.15) is 21.7 Å². The van der Waals surface area contributed by atoms with Crippen LogP contribution in [0.3, 0.4) is 0 Å². The second-order valence-electron chi connectivity index (χ2n) is 5.60. The molecule has 0 radical (unpaired) electrons. The summed E-state index contributed by atoms with van der Waals surface area (Å²) in [6.07, 6.45) is 0. The maximum Gasteiger partial charge on any atom is 0.343 e. The number of hydrogen-bond donors (Lipinski definition) is 1. The van der Waals surface area contributed by atoms with E-state index in [2.05, 4.69) is 15.6 Å². The quantitative estimate of drug-likeness (QED) is 0.670. The smallest absolute Gasteiger partial charge is 0.343 e. The number of anilines is 1. The van der Waals surface area contributed by atoms with Crippen LogP contribution in [0, 0.1) is 19.7 Å². The predicted molar refractivity (Wildman–Crippen MR) is 93.4 cm³/mol. The molecule has 0 aliphatic rings. The van der Waals surface area contributed by atoms with Crippen molar-refractivity contribution < 1.29 is 23.2 Å². The lowest BCUT2D eigenvalue weighted by Crippen LogP contribution is -2.21. The topological polar surface area (TPSA) is 99.2 Å². The highest BCUT2D eigenvalue weighted by molar-refractivity contribution is 6.33. The fourth-order valence-corrected chi connectivity index (χ4v) is 2.63. The second kappa shape index (κ2) is 7.58. The SMILES string of the molecule is Cc1cc(NC(=O)COC(=O)c2c(C)nn(-c3ccc(F)cc3)c2Cl)on1. The maximum absolute atomic E-state index is 13.1. The molecule has 2 heterocycles. The van der Waals surface area contributed by atoms with Gasteiger partial charge < -0.3 is 9.26 Å². The van der Waals surface area contributed by atoms with Crippen molar-refractivity contribution in [2.24, 2.45) is 0 Å². The summed E-state index contributed by atoms with van der Waals surface area (Å²) >= 11 is 6.23. The van der Waals surface area contributed by atoms with Crippen LogP contribution in [-0.2, 0) is 9.53 Å². The molecule has 0 bridgehead atoms. The molecular formula is C17H14ClFN4O4. The molecule has 2 aromatic heterocycles. The first kappa shape index (κ1) is 18.6. The van der Waals surface area contributed by atoms with E-state index in [1.807, 2.05) is 0 Å². The summed E-state index contributed by atoms with van der Waals surface area (Å²) in [5, 5.41) is 10.2. The monoisotopic (exact) mass is 392 g/mol. The number of nitrogens with zero attached hydrogens (tertiary/aromatic N) is 3. The number of halogens is 2. The van der Waals surface area contributed by atoms with Crippen molar-refractivity contribution in [3.05, 3.63) is 58.3 Å². The molecule has 10 heteroatoms. The summed E-state index contributed by atoms with van der Waals surface area (Å²) in [6, 6.07) is 6.95. The number of amides is 1. The second-order valence-corrected chi connectivity index (χ2v) is 5.95. The summed E-state index contributed by atoms with van der Waals surface area (Å²) < 4.78 is 24.2. The van der Waals surface area contributed by atoms with Gasteiger partial charge in [-0.15, -0.1) is 0 Å². The lowest BCUT2D eigenvalue weighted by atomic mass is 10.2. The highest BCUT2D eigenvalue weighted by Gasteiger charge is 2.23. The van der Waals surface area contributed by atoms with Gasteiger partial charge in [0.15, 0.2) is 6.61 Å². The summed E-state index contributed by atoms with van der Waals surface area (Å²) in [5.41, 5.74) is 1.39. The highest BCUT2D eigenvalue weighted by atomic mass is 35.5. The zero-order valence-electron chi connectivity index (χ0n) is 14.3. The average molecular weight is 393 g/mol. The molecule has 0 spiro atoms. The Morgan fingerprint density at radius 1 is 1.30 bits per heavy atom. The van der Waals surface area contributed by atoms with E-state index in [0.717, 1.165) is 0 Å². The van der Waals surface area contributed by atoms with Crippen molar-refractivity contribution in [1.82, 2.24) is 14.9 Å². The fraction of sp³-hybridized carbons (Fsp3) is 0.176. The Bertz CT molecular complexity index is 997.